The van der Waals surface area contributed by atoms with Crippen LogP contribution in [0.4, 0.5) is 0 Å². The molecule has 6 heteroatoms. The topological polar surface area (TPSA) is 79.9 Å². The molecule has 0 saturated heterocycles. The fraction of sp³-hybridized carbons (Fsp3) is 0.400. The first kappa shape index (κ1) is 13.6. The summed E-state index contributed by atoms with van der Waals surface area (Å²) in [6, 6.07) is 7.68. The largest absolute Gasteiger partial charge is 0.487 e. The molecular formula is C15H18N4O2. The molecular weight excluding hydrogens is 268 g/mol. The average Bonchev–Trinajstić information content (AvgIpc) is 2.83. The van der Waals surface area contributed by atoms with E-state index in [-0.39, 0.29) is 17.6 Å². The molecule has 110 valence electrons. The van der Waals surface area contributed by atoms with Gasteiger partial charge in [-0.3, -0.25) is 4.79 Å². The zero-order chi connectivity index (χ0) is 15.0. The highest BCUT2D eigenvalue weighted by molar-refractivity contribution is 5.93. The summed E-state index contributed by atoms with van der Waals surface area (Å²) in [4.78, 5) is 12.3. The quantitative estimate of drug-likeness (QED) is 0.886. The highest BCUT2D eigenvalue weighted by Crippen LogP contribution is 2.39. The first-order chi connectivity index (χ1) is 9.96. The van der Waals surface area contributed by atoms with Gasteiger partial charge in [0.1, 0.15) is 11.4 Å². The van der Waals surface area contributed by atoms with Gasteiger partial charge in [0.2, 0.25) is 0 Å². The lowest BCUT2D eigenvalue weighted by atomic mass is 9.89. The first-order valence-electron chi connectivity index (χ1n) is 6.92. The molecule has 0 fully saturated rings. The maximum atomic E-state index is 12.3. The molecule has 1 atom stereocenters. The maximum Gasteiger partial charge on any atom is 0.274 e. The lowest BCUT2D eigenvalue weighted by molar-refractivity contribution is 0.0618. The van der Waals surface area contributed by atoms with Crippen molar-refractivity contribution >= 4 is 5.91 Å². The number of ether oxygens (including phenoxy) is 1. The number of nitrogens with one attached hydrogen (secondary N) is 2. The Morgan fingerprint density at radius 2 is 2.14 bits per heavy atom. The summed E-state index contributed by atoms with van der Waals surface area (Å²) in [5.41, 5.74) is 1.58. The molecule has 1 amide bonds. The molecule has 0 saturated carbocycles. The van der Waals surface area contributed by atoms with Gasteiger partial charge < -0.3 is 10.1 Å². The molecule has 0 radical (unpaired) electrons. The highest BCUT2D eigenvalue weighted by Gasteiger charge is 2.34. The summed E-state index contributed by atoms with van der Waals surface area (Å²) in [5, 5.41) is 13.3. The van der Waals surface area contributed by atoms with E-state index < -0.39 is 0 Å². The number of fused-ring (bicyclic) bond motifs is 1. The van der Waals surface area contributed by atoms with Gasteiger partial charge in [0.15, 0.2) is 5.69 Å². The van der Waals surface area contributed by atoms with E-state index in [2.05, 4.69) is 20.7 Å². The number of aryl methyl sites for hydroxylation is 1. The van der Waals surface area contributed by atoms with Gasteiger partial charge in [0.25, 0.3) is 5.91 Å². The summed E-state index contributed by atoms with van der Waals surface area (Å²) in [7, 11) is 0. The molecule has 1 aromatic heterocycles. The zero-order valence-electron chi connectivity index (χ0n) is 12.3. The molecule has 2 aromatic rings. The Bertz CT molecular complexity index is 678. The number of para-hydroxylation sites is 1. The molecule has 2 heterocycles. The number of H-pyrrole nitrogens is 1. The number of carbonyl (C=O) groups is 1. The van der Waals surface area contributed by atoms with Crippen LogP contribution < -0.4 is 10.1 Å². The fourth-order valence-corrected chi connectivity index (χ4v) is 2.66. The Balaban J connectivity index is 1.88. The van der Waals surface area contributed by atoms with Crippen molar-refractivity contribution in [3.63, 3.8) is 0 Å². The van der Waals surface area contributed by atoms with Crippen LogP contribution in [0.1, 0.15) is 48.1 Å². The third kappa shape index (κ3) is 2.61. The van der Waals surface area contributed by atoms with Crippen LogP contribution in [0.5, 0.6) is 5.75 Å². The summed E-state index contributed by atoms with van der Waals surface area (Å²) in [5.74, 6) is 0.592. The lowest BCUT2D eigenvalue weighted by Gasteiger charge is -2.37. The number of hydrogen-bond acceptors (Lipinski definition) is 4. The van der Waals surface area contributed by atoms with Gasteiger partial charge in [-0.1, -0.05) is 18.2 Å². The van der Waals surface area contributed by atoms with Gasteiger partial charge in [-0.05, 0) is 26.8 Å². The number of aromatic nitrogens is 3. The minimum atomic E-state index is -0.328. The van der Waals surface area contributed by atoms with E-state index in [1.807, 2.05) is 38.1 Å². The SMILES string of the molecule is Cc1n[nH]nc1C(=O)NC1CC(C)(C)Oc2ccccc21. The van der Waals surface area contributed by atoms with Gasteiger partial charge in [-0.2, -0.15) is 15.4 Å². The van der Waals surface area contributed by atoms with Gasteiger partial charge in [0, 0.05) is 12.0 Å². The van der Waals surface area contributed by atoms with Crippen molar-refractivity contribution in [3.05, 3.63) is 41.2 Å². The Morgan fingerprint density at radius 1 is 1.38 bits per heavy atom. The highest BCUT2D eigenvalue weighted by atomic mass is 16.5. The zero-order valence-corrected chi connectivity index (χ0v) is 12.3. The number of hydrogen-bond donors (Lipinski definition) is 2. The molecule has 21 heavy (non-hydrogen) atoms. The normalized spacial score (nSPS) is 19.5. The van der Waals surface area contributed by atoms with E-state index in [0.29, 0.717) is 17.8 Å². The second-order valence-corrected chi connectivity index (χ2v) is 5.89. The molecule has 3 rings (SSSR count). The Morgan fingerprint density at radius 3 is 2.86 bits per heavy atom. The molecule has 0 aliphatic carbocycles. The molecule has 0 spiro atoms. The van der Waals surface area contributed by atoms with Crippen LogP contribution in [0.25, 0.3) is 0 Å². The second kappa shape index (κ2) is 4.87. The molecule has 6 nitrogen and oxygen atoms in total. The van der Waals surface area contributed by atoms with Crippen LogP contribution in [0.15, 0.2) is 24.3 Å². The number of carbonyl (C=O) groups excluding carboxylic acids is 1. The molecule has 1 aliphatic rings. The van der Waals surface area contributed by atoms with Crippen molar-refractivity contribution in [2.75, 3.05) is 0 Å². The standard InChI is InChI=1S/C15H18N4O2/c1-9-13(18-19-17-9)14(20)16-11-8-15(2,3)21-12-7-5-4-6-10(11)12/h4-7,11H,8H2,1-3H3,(H,16,20)(H,17,18,19). The van der Waals surface area contributed by atoms with Crippen LogP contribution in [0, 0.1) is 6.92 Å². The Labute approximate surface area is 122 Å². The summed E-state index contributed by atoms with van der Waals surface area (Å²) in [6.07, 6.45) is 0.701. The summed E-state index contributed by atoms with van der Waals surface area (Å²) < 4.78 is 5.96. The van der Waals surface area contributed by atoms with Gasteiger partial charge >= 0.3 is 0 Å². The predicted molar refractivity (Wildman–Crippen MR) is 77.1 cm³/mol. The van der Waals surface area contributed by atoms with Crippen LogP contribution in [0.3, 0.4) is 0 Å². The average molecular weight is 286 g/mol. The number of benzene rings is 1. The van der Waals surface area contributed by atoms with Gasteiger partial charge in [-0.25, -0.2) is 0 Å². The minimum absolute atomic E-state index is 0.103. The fourth-order valence-electron chi connectivity index (χ4n) is 2.66. The molecule has 1 aromatic carbocycles. The maximum absolute atomic E-state index is 12.3. The van der Waals surface area contributed by atoms with Crippen LogP contribution in [0.2, 0.25) is 0 Å². The van der Waals surface area contributed by atoms with E-state index in [1.165, 1.54) is 0 Å². The third-order valence-corrected chi connectivity index (χ3v) is 3.62. The summed E-state index contributed by atoms with van der Waals surface area (Å²) in [6.45, 7) is 5.78. The molecule has 0 bridgehead atoms. The van der Waals surface area contributed by atoms with Gasteiger partial charge in [-0.15, -0.1) is 0 Å². The third-order valence-electron chi connectivity index (χ3n) is 3.62. The minimum Gasteiger partial charge on any atom is -0.487 e. The molecule has 2 N–H and O–H groups in total. The molecule has 1 aliphatic heterocycles. The van der Waals surface area contributed by atoms with E-state index in [0.717, 1.165) is 11.3 Å². The Kier molecular flexibility index (Phi) is 3.16. The van der Waals surface area contributed by atoms with Crippen LogP contribution >= 0.6 is 0 Å². The van der Waals surface area contributed by atoms with Gasteiger partial charge in [0.05, 0.1) is 11.7 Å². The molecule has 1 unspecified atom stereocenters. The number of nitrogens with zero attached hydrogens (tertiary/aromatic N) is 2. The Hall–Kier alpha value is -2.37. The van der Waals surface area contributed by atoms with Crippen LogP contribution in [-0.4, -0.2) is 26.9 Å². The number of aromatic amines is 1. The first-order valence-corrected chi connectivity index (χ1v) is 6.92. The summed E-state index contributed by atoms with van der Waals surface area (Å²) >= 11 is 0. The van der Waals surface area contributed by atoms with Crippen molar-refractivity contribution < 1.29 is 9.53 Å². The number of rotatable bonds is 2. The van der Waals surface area contributed by atoms with Crippen molar-refractivity contribution in [1.29, 1.82) is 0 Å². The van der Waals surface area contributed by atoms with E-state index in [1.54, 1.807) is 6.92 Å². The number of amides is 1. The predicted octanol–water partition coefficient (Wildman–Crippen LogP) is 2.15. The lowest BCUT2D eigenvalue weighted by Crippen LogP contribution is -2.41. The van der Waals surface area contributed by atoms with Crippen LogP contribution in [-0.2, 0) is 0 Å². The van der Waals surface area contributed by atoms with Crippen molar-refractivity contribution in [1.82, 2.24) is 20.7 Å². The smallest absolute Gasteiger partial charge is 0.274 e. The van der Waals surface area contributed by atoms with E-state index in [4.69, 9.17) is 4.74 Å². The van der Waals surface area contributed by atoms with E-state index in [9.17, 15) is 4.79 Å². The second-order valence-electron chi connectivity index (χ2n) is 5.89. The monoisotopic (exact) mass is 286 g/mol. The van der Waals surface area contributed by atoms with Crippen molar-refractivity contribution in [2.45, 2.75) is 38.8 Å². The van der Waals surface area contributed by atoms with Crippen molar-refractivity contribution in [2.24, 2.45) is 0 Å². The van der Waals surface area contributed by atoms with E-state index >= 15 is 0 Å². The van der Waals surface area contributed by atoms with Crippen molar-refractivity contribution in [3.8, 4) is 5.75 Å².